The van der Waals surface area contributed by atoms with E-state index >= 15 is 0 Å². The third-order valence-electron chi connectivity index (χ3n) is 3.18. The van der Waals surface area contributed by atoms with Crippen LogP contribution < -0.4 is 16.0 Å². The molecule has 1 aromatic rings. The third kappa shape index (κ3) is 3.54. The molecule has 0 aliphatic carbocycles. The van der Waals surface area contributed by atoms with E-state index in [1.165, 1.54) is 6.92 Å². The Morgan fingerprint density at radius 3 is 2.68 bits per heavy atom. The Morgan fingerprint density at radius 2 is 2.11 bits per heavy atom. The van der Waals surface area contributed by atoms with Crippen molar-refractivity contribution >= 4 is 23.2 Å². The summed E-state index contributed by atoms with van der Waals surface area (Å²) in [6.45, 7) is 4.27. The molecular formula is C14H19N3O2. The van der Waals surface area contributed by atoms with Crippen molar-refractivity contribution in [2.45, 2.75) is 32.7 Å². The van der Waals surface area contributed by atoms with E-state index in [1.807, 2.05) is 13.0 Å². The Labute approximate surface area is 112 Å². The number of aryl methyl sites for hydroxylation is 1. The van der Waals surface area contributed by atoms with Gasteiger partial charge in [-0.2, -0.15) is 0 Å². The maximum absolute atomic E-state index is 11.9. The van der Waals surface area contributed by atoms with Crippen LogP contribution in [0.1, 0.15) is 25.3 Å². The van der Waals surface area contributed by atoms with E-state index in [4.69, 9.17) is 0 Å². The van der Waals surface area contributed by atoms with Crippen LogP contribution in [0.15, 0.2) is 18.2 Å². The lowest BCUT2D eigenvalue weighted by Crippen LogP contribution is -2.35. The first-order chi connectivity index (χ1) is 9.06. The van der Waals surface area contributed by atoms with Crippen molar-refractivity contribution in [2.75, 3.05) is 17.2 Å². The van der Waals surface area contributed by atoms with E-state index in [1.54, 1.807) is 12.1 Å². The van der Waals surface area contributed by atoms with Gasteiger partial charge in [-0.25, -0.2) is 0 Å². The fourth-order valence-corrected chi connectivity index (χ4v) is 2.21. The molecular weight excluding hydrogens is 242 g/mol. The third-order valence-corrected chi connectivity index (χ3v) is 3.18. The average Bonchev–Trinajstić information content (AvgIpc) is 2.86. The second-order valence-electron chi connectivity index (χ2n) is 4.85. The fourth-order valence-electron chi connectivity index (χ4n) is 2.21. The number of hydrogen-bond donors (Lipinski definition) is 3. The second-order valence-corrected chi connectivity index (χ2v) is 4.85. The second kappa shape index (κ2) is 5.84. The highest BCUT2D eigenvalue weighted by atomic mass is 16.2. The molecule has 0 spiro atoms. The first-order valence-corrected chi connectivity index (χ1v) is 6.49. The van der Waals surface area contributed by atoms with Gasteiger partial charge >= 0.3 is 0 Å². The number of rotatable bonds is 3. The van der Waals surface area contributed by atoms with Crippen molar-refractivity contribution < 1.29 is 9.59 Å². The molecule has 0 bridgehead atoms. The Bertz CT molecular complexity index is 493. The largest absolute Gasteiger partial charge is 0.326 e. The summed E-state index contributed by atoms with van der Waals surface area (Å²) >= 11 is 0. The summed E-state index contributed by atoms with van der Waals surface area (Å²) in [7, 11) is 0. The summed E-state index contributed by atoms with van der Waals surface area (Å²) in [5.41, 5.74) is 2.45. The minimum absolute atomic E-state index is 0.00387. The summed E-state index contributed by atoms with van der Waals surface area (Å²) in [4.78, 5) is 23.0. The summed E-state index contributed by atoms with van der Waals surface area (Å²) < 4.78 is 0. The zero-order chi connectivity index (χ0) is 13.8. The molecule has 0 unspecified atom stereocenters. The lowest BCUT2D eigenvalue weighted by atomic mass is 10.1. The zero-order valence-corrected chi connectivity index (χ0v) is 11.2. The van der Waals surface area contributed by atoms with Crippen LogP contribution in [0.25, 0.3) is 0 Å². The van der Waals surface area contributed by atoms with E-state index in [-0.39, 0.29) is 17.9 Å². The van der Waals surface area contributed by atoms with Gasteiger partial charge in [0.25, 0.3) is 0 Å². The lowest BCUT2D eigenvalue weighted by Gasteiger charge is -2.13. The molecule has 1 saturated heterocycles. The van der Waals surface area contributed by atoms with Crippen LogP contribution in [-0.4, -0.2) is 24.4 Å². The van der Waals surface area contributed by atoms with Crippen LogP contribution in [0.4, 0.5) is 11.4 Å². The lowest BCUT2D eigenvalue weighted by molar-refractivity contribution is -0.118. The fraction of sp³-hybridized carbons (Fsp3) is 0.429. The van der Waals surface area contributed by atoms with Gasteiger partial charge in [-0.05, 0) is 50.1 Å². The molecule has 1 fully saturated rings. The Balaban J connectivity index is 2.03. The number of nitrogens with one attached hydrogen (secondary N) is 3. The van der Waals surface area contributed by atoms with Gasteiger partial charge in [0, 0.05) is 18.3 Å². The van der Waals surface area contributed by atoms with Gasteiger partial charge in [0.15, 0.2) is 0 Å². The molecule has 0 radical (unpaired) electrons. The topological polar surface area (TPSA) is 70.2 Å². The quantitative estimate of drug-likeness (QED) is 0.774. The Hall–Kier alpha value is -1.88. The summed E-state index contributed by atoms with van der Waals surface area (Å²) in [5, 5.41) is 8.80. The maximum Gasteiger partial charge on any atom is 0.241 e. The minimum atomic E-state index is -0.102. The monoisotopic (exact) mass is 261 g/mol. The predicted octanol–water partition coefficient (Wildman–Crippen LogP) is 1.64. The van der Waals surface area contributed by atoms with Crippen LogP contribution in [-0.2, 0) is 9.59 Å². The van der Waals surface area contributed by atoms with Gasteiger partial charge in [-0.3, -0.25) is 9.59 Å². The summed E-state index contributed by atoms with van der Waals surface area (Å²) in [6, 6.07) is 5.37. The van der Waals surface area contributed by atoms with Gasteiger partial charge < -0.3 is 16.0 Å². The van der Waals surface area contributed by atoms with Crippen molar-refractivity contribution in [1.82, 2.24) is 5.32 Å². The molecule has 3 N–H and O–H groups in total. The predicted molar refractivity (Wildman–Crippen MR) is 75.1 cm³/mol. The smallest absolute Gasteiger partial charge is 0.241 e. The van der Waals surface area contributed by atoms with E-state index in [0.717, 1.165) is 36.3 Å². The number of carbonyl (C=O) groups is 2. The highest BCUT2D eigenvalue weighted by Crippen LogP contribution is 2.20. The molecule has 2 amide bonds. The highest BCUT2D eigenvalue weighted by Gasteiger charge is 2.21. The molecule has 1 aliphatic rings. The highest BCUT2D eigenvalue weighted by molar-refractivity contribution is 5.96. The number of carbonyl (C=O) groups excluding carboxylic acids is 2. The van der Waals surface area contributed by atoms with Gasteiger partial charge in [0.05, 0.1) is 6.04 Å². The van der Waals surface area contributed by atoms with Crippen LogP contribution in [0, 0.1) is 6.92 Å². The van der Waals surface area contributed by atoms with Crippen molar-refractivity contribution in [2.24, 2.45) is 0 Å². The van der Waals surface area contributed by atoms with Crippen LogP contribution in [0.5, 0.6) is 0 Å². The van der Waals surface area contributed by atoms with Crippen molar-refractivity contribution in [3.8, 4) is 0 Å². The first-order valence-electron chi connectivity index (χ1n) is 6.49. The number of benzene rings is 1. The standard InChI is InChI=1S/C14H19N3O2/c1-9-8-11(5-6-12(9)16-10(2)18)17-14(19)13-4-3-7-15-13/h5-6,8,13,15H,3-4,7H2,1-2H3,(H,16,18)(H,17,19)/t13-/m0/s1. The molecule has 0 saturated carbocycles. The normalized spacial score (nSPS) is 18.1. The minimum Gasteiger partial charge on any atom is -0.326 e. The van der Waals surface area contributed by atoms with Gasteiger partial charge in [0.2, 0.25) is 11.8 Å². The molecule has 5 nitrogen and oxygen atoms in total. The van der Waals surface area contributed by atoms with Crippen LogP contribution in [0.3, 0.4) is 0 Å². The molecule has 5 heteroatoms. The number of anilines is 2. The van der Waals surface area contributed by atoms with E-state index in [0.29, 0.717) is 0 Å². The SMILES string of the molecule is CC(=O)Nc1ccc(NC(=O)[C@@H]2CCCN2)cc1C. The summed E-state index contributed by atoms with van der Waals surface area (Å²) in [5.74, 6) is -0.0979. The first kappa shape index (κ1) is 13.5. The van der Waals surface area contributed by atoms with Gasteiger partial charge in [0.1, 0.15) is 0 Å². The van der Waals surface area contributed by atoms with Crippen molar-refractivity contribution in [1.29, 1.82) is 0 Å². The number of amides is 2. The van der Waals surface area contributed by atoms with E-state index in [9.17, 15) is 9.59 Å². The van der Waals surface area contributed by atoms with E-state index in [2.05, 4.69) is 16.0 Å². The van der Waals surface area contributed by atoms with Crippen molar-refractivity contribution in [3.63, 3.8) is 0 Å². The average molecular weight is 261 g/mol. The molecule has 1 atom stereocenters. The molecule has 1 aromatic carbocycles. The van der Waals surface area contributed by atoms with Crippen LogP contribution in [0.2, 0.25) is 0 Å². The van der Waals surface area contributed by atoms with Gasteiger partial charge in [-0.15, -0.1) is 0 Å². The van der Waals surface area contributed by atoms with Gasteiger partial charge in [-0.1, -0.05) is 0 Å². The Morgan fingerprint density at radius 1 is 1.32 bits per heavy atom. The maximum atomic E-state index is 11.9. The van der Waals surface area contributed by atoms with Crippen LogP contribution >= 0.6 is 0 Å². The van der Waals surface area contributed by atoms with E-state index < -0.39 is 0 Å². The molecule has 1 aliphatic heterocycles. The number of hydrogen-bond acceptors (Lipinski definition) is 3. The zero-order valence-electron chi connectivity index (χ0n) is 11.2. The molecule has 2 rings (SSSR count). The molecule has 19 heavy (non-hydrogen) atoms. The molecule has 102 valence electrons. The summed E-state index contributed by atoms with van der Waals surface area (Å²) in [6.07, 6.45) is 1.92. The molecule has 0 aromatic heterocycles. The Kier molecular flexibility index (Phi) is 4.16. The van der Waals surface area contributed by atoms with Crippen molar-refractivity contribution in [3.05, 3.63) is 23.8 Å². The molecule has 1 heterocycles.